The van der Waals surface area contributed by atoms with Crippen molar-refractivity contribution in [3.63, 3.8) is 0 Å². The summed E-state index contributed by atoms with van der Waals surface area (Å²) in [6.07, 6.45) is 0. The lowest BCUT2D eigenvalue weighted by Crippen LogP contribution is -2.50. The molecule has 2 aromatic carbocycles. The smallest absolute Gasteiger partial charge is 0.256 e. The zero-order valence-electron chi connectivity index (χ0n) is 13.5. The number of nitrogens with zero attached hydrogens (tertiary/aromatic N) is 2. The summed E-state index contributed by atoms with van der Waals surface area (Å²) in [4.78, 5) is 14.3. The topological polar surface area (TPSA) is 57.7 Å². The summed E-state index contributed by atoms with van der Waals surface area (Å²) in [5, 5.41) is 0.719. The Morgan fingerprint density at radius 1 is 0.808 bits per heavy atom. The van der Waals surface area contributed by atoms with Crippen LogP contribution in [0.15, 0.2) is 47.4 Å². The van der Waals surface area contributed by atoms with Gasteiger partial charge in [0.05, 0.1) is 20.6 Å². The Morgan fingerprint density at radius 3 is 1.92 bits per heavy atom. The summed E-state index contributed by atoms with van der Waals surface area (Å²) in [6.45, 7) is 0.816. The predicted molar refractivity (Wildman–Crippen MR) is 103 cm³/mol. The van der Waals surface area contributed by atoms with Crippen LogP contribution >= 0.6 is 34.8 Å². The van der Waals surface area contributed by atoms with Crippen LogP contribution in [0.5, 0.6) is 0 Å². The van der Waals surface area contributed by atoms with Gasteiger partial charge in [-0.05, 0) is 24.3 Å². The molecule has 2 aromatic rings. The molecule has 0 atom stereocenters. The Kier molecular flexibility index (Phi) is 5.79. The molecule has 138 valence electrons. The first kappa shape index (κ1) is 19.5. The molecule has 0 aliphatic carbocycles. The number of halogens is 3. The van der Waals surface area contributed by atoms with Gasteiger partial charge in [-0.1, -0.05) is 53.0 Å². The van der Waals surface area contributed by atoms with Crippen molar-refractivity contribution in [2.75, 3.05) is 26.2 Å². The molecule has 0 spiro atoms. The minimum Gasteiger partial charge on any atom is -0.336 e. The maximum atomic E-state index is 12.8. The Bertz CT molecular complexity index is 922. The highest BCUT2D eigenvalue weighted by Crippen LogP contribution is 2.28. The van der Waals surface area contributed by atoms with Crippen molar-refractivity contribution in [3.8, 4) is 0 Å². The van der Waals surface area contributed by atoms with Crippen LogP contribution in [0.2, 0.25) is 15.1 Å². The second-order valence-corrected chi connectivity index (χ2v) is 8.85. The van der Waals surface area contributed by atoms with Crippen molar-refractivity contribution in [2.24, 2.45) is 0 Å². The molecule has 3 rings (SSSR count). The van der Waals surface area contributed by atoms with Gasteiger partial charge in [0.2, 0.25) is 10.0 Å². The van der Waals surface area contributed by atoms with Gasteiger partial charge < -0.3 is 4.90 Å². The predicted octanol–water partition coefficient (Wildman–Crippen LogP) is 3.79. The van der Waals surface area contributed by atoms with Crippen LogP contribution < -0.4 is 0 Å². The van der Waals surface area contributed by atoms with Crippen LogP contribution in [0.1, 0.15) is 10.4 Å². The summed E-state index contributed by atoms with van der Waals surface area (Å²) in [5.74, 6) is -0.310. The van der Waals surface area contributed by atoms with E-state index >= 15 is 0 Å². The molecule has 0 radical (unpaired) electrons. The average Bonchev–Trinajstić information content (AvgIpc) is 2.62. The average molecular weight is 434 g/mol. The summed E-state index contributed by atoms with van der Waals surface area (Å²) in [5.41, 5.74) is 0.234. The number of hydrogen-bond donors (Lipinski definition) is 0. The molecular formula is C17H15Cl3N2O3S. The molecule has 9 heteroatoms. The third kappa shape index (κ3) is 3.70. The molecule has 0 aromatic heterocycles. The lowest BCUT2D eigenvalue weighted by Gasteiger charge is -2.34. The van der Waals surface area contributed by atoms with E-state index in [4.69, 9.17) is 34.8 Å². The van der Waals surface area contributed by atoms with Crippen LogP contribution in [-0.2, 0) is 10.0 Å². The molecule has 1 fully saturated rings. The SMILES string of the molecule is O=C(c1c(Cl)cccc1Cl)N1CCN(S(=O)(=O)c2ccccc2Cl)CC1. The van der Waals surface area contributed by atoms with Gasteiger partial charge in [-0.3, -0.25) is 4.79 Å². The minimum absolute atomic E-state index is 0.0654. The van der Waals surface area contributed by atoms with Crippen LogP contribution in [0.4, 0.5) is 0 Å². The molecule has 5 nitrogen and oxygen atoms in total. The van der Waals surface area contributed by atoms with E-state index < -0.39 is 10.0 Å². The first-order valence-corrected chi connectivity index (χ1v) is 10.4. The van der Waals surface area contributed by atoms with Gasteiger partial charge in [-0.15, -0.1) is 0 Å². The molecule has 26 heavy (non-hydrogen) atoms. The maximum absolute atomic E-state index is 12.8. The van der Waals surface area contributed by atoms with Crippen molar-refractivity contribution in [1.29, 1.82) is 0 Å². The molecule has 1 heterocycles. The highest BCUT2D eigenvalue weighted by atomic mass is 35.5. The summed E-state index contributed by atoms with van der Waals surface area (Å²) in [7, 11) is -3.71. The summed E-state index contributed by atoms with van der Waals surface area (Å²) in [6, 6.07) is 11.2. The van der Waals surface area contributed by atoms with E-state index in [2.05, 4.69) is 0 Å². The molecule has 1 amide bonds. The van der Waals surface area contributed by atoms with E-state index in [1.165, 1.54) is 16.4 Å². The molecule has 1 saturated heterocycles. The van der Waals surface area contributed by atoms with E-state index in [0.717, 1.165) is 0 Å². The van der Waals surface area contributed by atoms with Crippen molar-refractivity contribution in [2.45, 2.75) is 4.90 Å². The fourth-order valence-electron chi connectivity index (χ4n) is 2.78. The number of benzene rings is 2. The van der Waals surface area contributed by atoms with Gasteiger partial charge in [0.1, 0.15) is 4.90 Å². The molecule has 0 saturated carbocycles. The van der Waals surface area contributed by atoms with E-state index in [-0.39, 0.29) is 57.6 Å². The van der Waals surface area contributed by atoms with Gasteiger partial charge in [0, 0.05) is 26.2 Å². The first-order chi connectivity index (χ1) is 12.3. The Balaban J connectivity index is 1.75. The van der Waals surface area contributed by atoms with Gasteiger partial charge >= 0.3 is 0 Å². The largest absolute Gasteiger partial charge is 0.336 e. The second-order valence-electron chi connectivity index (χ2n) is 5.72. The van der Waals surface area contributed by atoms with E-state index in [0.29, 0.717) is 0 Å². The number of sulfonamides is 1. The van der Waals surface area contributed by atoms with Crippen molar-refractivity contribution >= 4 is 50.7 Å². The molecule has 1 aliphatic rings. The minimum atomic E-state index is -3.71. The first-order valence-electron chi connectivity index (χ1n) is 7.80. The molecular weight excluding hydrogens is 419 g/mol. The Hall–Kier alpha value is -1.31. The number of carbonyl (C=O) groups excluding carboxylic acids is 1. The number of hydrogen-bond acceptors (Lipinski definition) is 3. The van der Waals surface area contributed by atoms with Crippen LogP contribution in [-0.4, -0.2) is 49.7 Å². The number of amides is 1. The molecule has 1 aliphatic heterocycles. The summed E-state index contributed by atoms with van der Waals surface area (Å²) < 4.78 is 26.8. The van der Waals surface area contributed by atoms with E-state index in [9.17, 15) is 13.2 Å². The fourth-order valence-corrected chi connectivity index (χ4v) is 5.26. The molecule has 0 N–H and O–H groups in total. The maximum Gasteiger partial charge on any atom is 0.256 e. The third-order valence-electron chi connectivity index (χ3n) is 4.16. The van der Waals surface area contributed by atoms with Crippen molar-refractivity contribution < 1.29 is 13.2 Å². The van der Waals surface area contributed by atoms with Crippen LogP contribution in [0.3, 0.4) is 0 Å². The van der Waals surface area contributed by atoms with Crippen LogP contribution in [0.25, 0.3) is 0 Å². The lowest BCUT2D eigenvalue weighted by atomic mass is 10.2. The van der Waals surface area contributed by atoms with Gasteiger partial charge in [-0.2, -0.15) is 4.31 Å². The molecule has 0 unspecified atom stereocenters. The molecule has 0 bridgehead atoms. The normalized spacial score (nSPS) is 15.9. The lowest BCUT2D eigenvalue weighted by molar-refractivity contribution is 0.0698. The van der Waals surface area contributed by atoms with E-state index in [1.54, 1.807) is 35.2 Å². The van der Waals surface area contributed by atoms with Gasteiger partial charge in [0.15, 0.2) is 0 Å². The second kappa shape index (κ2) is 7.74. The van der Waals surface area contributed by atoms with Crippen LogP contribution in [0, 0.1) is 0 Å². The summed E-state index contributed by atoms with van der Waals surface area (Å²) >= 11 is 18.2. The number of carbonyl (C=O) groups is 1. The Morgan fingerprint density at radius 2 is 1.35 bits per heavy atom. The van der Waals surface area contributed by atoms with Gasteiger partial charge in [0.25, 0.3) is 5.91 Å². The quantitative estimate of drug-likeness (QED) is 0.740. The highest BCUT2D eigenvalue weighted by molar-refractivity contribution is 7.89. The number of piperazine rings is 1. The van der Waals surface area contributed by atoms with Crippen molar-refractivity contribution in [3.05, 3.63) is 63.1 Å². The highest BCUT2D eigenvalue weighted by Gasteiger charge is 2.32. The third-order valence-corrected chi connectivity index (χ3v) is 7.19. The zero-order chi connectivity index (χ0) is 18.9. The number of rotatable bonds is 3. The zero-order valence-corrected chi connectivity index (χ0v) is 16.6. The fraction of sp³-hybridized carbons (Fsp3) is 0.235. The van der Waals surface area contributed by atoms with Crippen molar-refractivity contribution in [1.82, 2.24) is 9.21 Å². The van der Waals surface area contributed by atoms with E-state index in [1.807, 2.05) is 0 Å². The van der Waals surface area contributed by atoms with Gasteiger partial charge in [-0.25, -0.2) is 8.42 Å². The standard InChI is InChI=1S/C17H15Cl3N2O3S/c18-12-4-1-2-7-15(12)26(24,25)22-10-8-21(9-11-22)17(23)16-13(19)5-3-6-14(16)20/h1-7H,8-11H2. The Labute approximate surface area is 167 Å². The monoisotopic (exact) mass is 432 g/mol.